The average Bonchev–Trinajstić information content (AvgIpc) is 3.76. The van der Waals surface area contributed by atoms with Gasteiger partial charge < -0.3 is 9.13 Å². The topological polar surface area (TPSA) is 9.86 Å². The summed E-state index contributed by atoms with van der Waals surface area (Å²) in [6, 6.07) is 65.7. The van der Waals surface area contributed by atoms with Crippen molar-refractivity contribution >= 4 is 61.5 Å². The van der Waals surface area contributed by atoms with Crippen LogP contribution >= 0.6 is 0 Å². The second-order valence-electron chi connectivity index (χ2n) is 14.2. The Morgan fingerprint density at radius 3 is 1.62 bits per heavy atom. The van der Waals surface area contributed by atoms with Crippen molar-refractivity contribution in [2.75, 3.05) is 0 Å². The number of nitrogens with zero attached hydrogens (tertiary/aromatic N) is 2. The monoisotopic (exact) mass is 656 g/mol. The van der Waals surface area contributed by atoms with E-state index in [0.29, 0.717) is 0 Å². The Balaban J connectivity index is 1.25. The second-order valence-corrected chi connectivity index (χ2v) is 18.0. The van der Waals surface area contributed by atoms with E-state index in [1.165, 1.54) is 76.0 Å². The molecule has 2 aromatic heterocycles. The lowest BCUT2D eigenvalue weighted by atomic mass is 9.74. The van der Waals surface area contributed by atoms with Gasteiger partial charge in [0.25, 0.3) is 0 Å². The van der Waals surface area contributed by atoms with Gasteiger partial charge >= 0.3 is 0 Å². The molecular formula is C47H36N2Si. The minimum Gasteiger partial charge on any atom is -0.316 e. The summed E-state index contributed by atoms with van der Waals surface area (Å²) in [5, 5.41) is 9.41. The van der Waals surface area contributed by atoms with Gasteiger partial charge in [-0.1, -0.05) is 153 Å². The summed E-state index contributed by atoms with van der Waals surface area (Å²) in [5.74, 6) is 0. The lowest BCUT2D eigenvalue weighted by Crippen LogP contribution is -2.74. The third kappa shape index (κ3) is 3.90. The van der Waals surface area contributed by atoms with E-state index in [1.54, 1.807) is 0 Å². The van der Waals surface area contributed by atoms with Gasteiger partial charge in [0.05, 0.1) is 16.6 Å². The van der Waals surface area contributed by atoms with Crippen molar-refractivity contribution in [2.24, 2.45) is 0 Å². The molecule has 0 saturated heterocycles. The molecule has 50 heavy (non-hydrogen) atoms. The molecule has 2 nitrogen and oxygen atoms in total. The van der Waals surface area contributed by atoms with E-state index in [0.717, 1.165) is 0 Å². The molecule has 0 atom stereocenters. The van der Waals surface area contributed by atoms with Gasteiger partial charge in [0.15, 0.2) is 8.07 Å². The van der Waals surface area contributed by atoms with Crippen molar-refractivity contribution in [3.8, 4) is 11.4 Å². The fourth-order valence-corrected chi connectivity index (χ4v) is 13.8. The van der Waals surface area contributed by atoms with Crippen molar-refractivity contribution in [1.29, 1.82) is 0 Å². The molecule has 0 unspecified atom stereocenters. The maximum Gasteiger partial charge on any atom is 0.179 e. The summed E-state index contributed by atoms with van der Waals surface area (Å²) in [7, 11) is -2.62. The zero-order valence-corrected chi connectivity index (χ0v) is 29.2. The smallest absolute Gasteiger partial charge is 0.179 e. The van der Waals surface area contributed by atoms with E-state index >= 15 is 0 Å². The van der Waals surface area contributed by atoms with Gasteiger partial charge in [-0.15, -0.1) is 0 Å². The van der Waals surface area contributed by atoms with Crippen LogP contribution in [0.4, 0.5) is 0 Å². The summed E-state index contributed by atoms with van der Waals surface area (Å²) in [6.45, 7) is 4.76. The molecule has 3 heterocycles. The molecule has 0 spiro atoms. The van der Waals surface area contributed by atoms with E-state index in [2.05, 4.69) is 205 Å². The highest BCUT2D eigenvalue weighted by atomic mass is 28.3. The normalized spacial score (nSPS) is 13.6. The zero-order chi connectivity index (χ0) is 33.5. The minimum absolute atomic E-state index is 0.123. The Morgan fingerprint density at radius 1 is 0.440 bits per heavy atom. The van der Waals surface area contributed by atoms with Crippen LogP contribution in [0.3, 0.4) is 0 Å². The third-order valence-electron chi connectivity index (χ3n) is 11.3. The summed E-state index contributed by atoms with van der Waals surface area (Å²) >= 11 is 0. The second kappa shape index (κ2) is 10.8. The highest BCUT2D eigenvalue weighted by molar-refractivity contribution is 7.19. The Morgan fingerprint density at radius 2 is 0.980 bits per heavy atom. The molecule has 1 aliphatic heterocycles. The molecule has 0 aliphatic carbocycles. The van der Waals surface area contributed by atoms with Crippen molar-refractivity contribution in [3.05, 3.63) is 193 Å². The number of hydrogen-bond acceptors (Lipinski definition) is 0. The van der Waals surface area contributed by atoms with Gasteiger partial charge in [0, 0.05) is 39.1 Å². The largest absolute Gasteiger partial charge is 0.316 e. The van der Waals surface area contributed by atoms with Gasteiger partial charge in [-0.05, 0) is 68.3 Å². The molecule has 0 N–H and O–H groups in total. The SMILES string of the molecule is CC1(C)c2ccccc2-n2ccc3c2c1cc1c2ccccc2n(-c2ccc([Si](c4ccccc4)(c4ccccc4)c4ccccc4)cc2)c13. The van der Waals surface area contributed by atoms with Crippen molar-refractivity contribution < 1.29 is 0 Å². The first-order valence-corrected chi connectivity index (χ1v) is 19.5. The van der Waals surface area contributed by atoms with Gasteiger partial charge in [-0.2, -0.15) is 0 Å². The van der Waals surface area contributed by atoms with E-state index in [-0.39, 0.29) is 5.41 Å². The maximum absolute atomic E-state index is 2.62. The number of fused-ring (bicyclic) bond motifs is 6. The lowest BCUT2D eigenvalue weighted by molar-refractivity contribution is 0.629. The summed E-state index contributed by atoms with van der Waals surface area (Å²) in [5.41, 5.74) is 8.88. The molecule has 238 valence electrons. The van der Waals surface area contributed by atoms with Gasteiger partial charge in [0.2, 0.25) is 0 Å². The fourth-order valence-electron chi connectivity index (χ4n) is 9.02. The molecule has 3 heteroatoms. The standard InChI is InChI=1S/C47H36N2Si/c1-47(2)41-23-13-15-25-44(41)48-31-30-39-45-40(32-42(47)46(39)48)38-22-12-14-24-43(38)49(45)33-26-28-37(29-27-33)50(34-16-6-3-7-17-34,35-18-8-4-9-19-35)36-20-10-5-11-21-36/h3-32H,1-2H3. The molecule has 0 fully saturated rings. The quantitative estimate of drug-likeness (QED) is 0.130. The summed E-state index contributed by atoms with van der Waals surface area (Å²) in [4.78, 5) is 0. The third-order valence-corrected chi connectivity index (χ3v) is 16.1. The molecule has 0 amide bonds. The molecule has 9 aromatic rings. The Kier molecular flexibility index (Phi) is 6.27. The van der Waals surface area contributed by atoms with Crippen LogP contribution in [0, 0.1) is 0 Å². The van der Waals surface area contributed by atoms with Crippen LogP contribution in [-0.2, 0) is 5.41 Å². The molecule has 0 radical (unpaired) electrons. The number of para-hydroxylation sites is 2. The van der Waals surface area contributed by atoms with Crippen LogP contribution < -0.4 is 20.7 Å². The zero-order valence-electron chi connectivity index (χ0n) is 28.2. The average molecular weight is 657 g/mol. The highest BCUT2D eigenvalue weighted by Gasteiger charge is 2.41. The lowest BCUT2D eigenvalue weighted by Gasteiger charge is -2.34. The van der Waals surface area contributed by atoms with Gasteiger partial charge in [-0.25, -0.2) is 0 Å². The van der Waals surface area contributed by atoms with E-state index in [4.69, 9.17) is 0 Å². The number of hydrogen-bond donors (Lipinski definition) is 0. The summed E-state index contributed by atoms with van der Waals surface area (Å²) in [6.07, 6.45) is 2.27. The first-order valence-electron chi connectivity index (χ1n) is 17.5. The van der Waals surface area contributed by atoms with Crippen molar-refractivity contribution in [2.45, 2.75) is 19.3 Å². The van der Waals surface area contributed by atoms with Crippen LogP contribution in [0.2, 0.25) is 0 Å². The molecular weight excluding hydrogens is 621 g/mol. The molecule has 10 rings (SSSR count). The molecule has 7 aromatic carbocycles. The Bertz CT molecular complexity index is 2600. The predicted octanol–water partition coefficient (Wildman–Crippen LogP) is 8.74. The van der Waals surface area contributed by atoms with Crippen molar-refractivity contribution in [3.63, 3.8) is 0 Å². The van der Waals surface area contributed by atoms with Crippen LogP contribution in [0.15, 0.2) is 182 Å². The molecule has 0 saturated carbocycles. The maximum atomic E-state index is 2.50. The van der Waals surface area contributed by atoms with Gasteiger partial charge in [-0.3, -0.25) is 0 Å². The summed E-state index contributed by atoms with van der Waals surface area (Å²) < 4.78 is 4.91. The number of rotatable bonds is 5. The van der Waals surface area contributed by atoms with Crippen LogP contribution in [0.25, 0.3) is 44.1 Å². The van der Waals surface area contributed by atoms with Crippen LogP contribution in [-0.4, -0.2) is 17.2 Å². The van der Waals surface area contributed by atoms with E-state index in [9.17, 15) is 0 Å². The first-order chi connectivity index (χ1) is 24.6. The Hall–Kier alpha value is -5.90. The van der Waals surface area contributed by atoms with Gasteiger partial charge in [0.1, 0.15) is 0 Å². The predicted molar refractivity (Wildman–Crippen MR) is 213 cm³/mol. The van der Waals surface area contributed by atoms with Crippen molar-refractivity contribution in [1.82, 2.24) is 9.13 Å². The molecule has 1 aliphatic rings. The number of benzene rings is 7. The highest BCUT2D eigenvalue weighted by Crippen LogP contribution is 2.48. The fraction of sp³-hybridized carbons (Fsp3) is 0.0638. The molecule has 0 bridgehead atoms. The van der Waals surface area contributed by atoms with Crippen LogP contribution in [0.5, 0.6) is 0 Å². The minimum atomic E-state index is -2.62. The van der Waals surface area contributed by atoms with Crippen LogP contribution in [0.1, 0.15) is 25.0 Å². The van der Waals surface area contributed by atoms with E-state index < -0.39 is 8.07 Å². The van der Waals surface area contributed by atoms with E-state index in [1.807, 2.05) is 0 Å². The number of aromatic nitrogens is 2. The first kappa shape index (κ1) is 29.1. The Labute approximate surface area is 293 Å².